The fourth-order valence-electron chi connectivity index (χ4n) is 11.6. The van der Waals surface area contributed by atoms with Crippen molar-refractivity contribution in [1.29, 1.82) is 0 Å². The lowest BCUT2D eigenvalue weighted by atomic mass is 9.99. The number of hydrogen-bond donors (Lipinski definition) is 3. The highest BCUT2D eigenvalue weighted by molar-refractivity contribution is 7.47. The van der Waals surface area contributed by atoms with Crippen LogP contribution in [-0.4, -0.2) is 96.7 Å². The SMILES string of the molecule is CCCCCCCCCCCCCCCCCCCCCC(=O)O[C@H](COC(=O)CCCCCCCCCCCCC(C)CC)COP(=O)(O)OC[C@@H](O)COP(=O)(O)OC[C@@H](COC(=O)CCCCCCCCCCCC)OC(=O)CCCCCCCCCCC(C)CC. The smallest absolute Gasteiger partial charge is 0.462 e. The number of unbranched alkanes of at least 4 members (excludes halogenated alkanes) is 43. The second-order valence-electron chi connectivity index (χ2n) is 27.9. The molecular weight excluding hydrogens is 1250 g/mol. The molecule has 0 saturated carbocycles. The Morgan fingerprint density at radius 1 is 0.295 bits per heavy atom. The summed E-state index contributed by atoms with van der Waals surface area (Å²) >= 11 is 0. The normalized spacial score (nSPS) is 14.6. The first-order chi connectivity index (χ1) is 45.9. The van der Waals surface area contributed by atoms with E-state index in [1.165, 1.54) is 212 Å². The third-order valence-corrected chi connectivity index (χ3v) is 20.3. The van der Waals surface area contributed by atoms with Crippen LogP contribution in [0.2, 0.25) is 0 Å². The summed E-state index contributed by atoms with van der Waals surface area (Å²) in [5.41, 5.74) is 0. The number of rotatable bonds is 75. The van der Waals surface area contributed by atoms with Gasteiger partial charge in [-0.3, -0.25) is 37.3 Å². The zero-order valence-corrected chi connectivity index (χ0v) is 63.8. The molecule has 0 aliphatic carbocycles. The van der Waals surface area contributed by atoms with Crippen molar-refractivity contribution in [2.45, 2.75) is 413 Å². The summed E-state index contributed by atoms with van der Waals surface area (Å²) in [5.74, 6) is -0.538. The average Bonchev–Trinajstić information content (AvgIpc) is 1.50. The molecule has 0 radical (unpaired) electrons. The van der Waals surface area contributed by atoms with E-state index in [2.05, 4.69) is 41.5 Å². The largest absolute Gasteiger partial charge is 0.472 e. The fraction of sp³-hybridized carbons (Fsp3) is 0.947. The molecule has 0 aliphatic heterocycles. The number of aliphatic hydroxyl groups is 1. The number of hydrogen-bond acceptors (Lipinski definition) is 15. The number of carbonyl (C=O) groups is 4. The van der Waals surface area contributed by atoms with Crippen molar-refractivity contribution in [2.24, 2.45) is 11.8 Å². The van der Waals surface area contributed by atoms with E-state index in [1.807, 2.05) is 0 Å². The van der Waals surface area contributed by atoms with Crippen LogP contribution in [0.5, 0.6) is 0 Å². The molecule has 3 N–H and O–H groups in total. The zero-order valence-electron chi connectivity index (χ0n) is 62.0. The minimum absolute atomic E-state index is 0.105. The van der Waals surface area contributed by atoms with E-state index in [9.17, 15) is 43.2 Å². The Hall–Kier alpha value is -1.94. The Balaban J connectivity index is 5.24. The van der Waals surface area contributed by atoms with Crippen LogP contribution in [0.1, 0.15) is 395 Å². The van der Waals surface area contributed by atoms with Crippen LogP contribution in [0, 0.1) is 11.8 Å². The van der Waals surface area contributed by atoms with Gasteiger partial charge in [-0.05, 0) is 37.5 Å². The summed E-state index contributed by atoms with van der Waals surface area (Å²) in [5, 5.41) is 10.6. The van der Waals surface area contributed by atoms with Gasteiger partial charge in [-0.15, -0.1) is 0 Å². The third-order valence-electron chi connectivity index (χ3n) is 18.4. The van der Waals surface area contributed by atoms with E-state index in [-0.39, 0.29) is 25.7 Å². The van der Waals surface area contributed by atoms with Gasteiger partial charge in [0.1, 0.15) is 19.3 Å². The van der Waals surface area contributed by atoms with Crippen LogP contribution in [-0.2, 0) is 65.4 Å². The van der Waals surface area contributed by atoms with Crippen molar-refractivity contribution < 1.29 is 80.2 Å². The first-order valence-corrected chi connectivity index (χ1v) is 42.6. The molecule has 0 spiro atoms. The molecule has 4 unspecified atom stereocenters. The van der Waals surface area contributed by atoms with Crippen LogP contribution in [0.15, 0.2) is 0 Å². The predicted octanol–water partition coefficient (Wildman–Crippen LogP) is 22.3. The van der Waals surface area contributed by atoms with Crippen molar-refractivity contribution >= 4 is 39.5 Å². The van der Waals surface area contributed by atoms with Crippen molar-refractivity contribution in [3.05, 3.63) is 0 Å². The number of aliphatic hydroxyl groups excluding tert-OH is 1. The minimum atomic E-state index is -4.96. The highest BCUT2D eigenvalue weighted by Gasteiger charge is 2.30. The molecule has 95 heavy (non-hydrogen) atoms. The van der Waals surface area contributed by atoms with E-state index in [0.29, 0.717) is 25.7 Å². The Kier molecular flexibility index (Phi) is 66.5. The Bertz CT molecular complexity index is 1840. The lowest BCUT2D eigenvalue weighted by Crippen LogP contribution is -2.30. The van der Waals surface area contributed by atoms with E-state index in [0.717, 1.165) is 102 Å². The van der Waals surface area contributed by atoms with Crippen molar-refractivity contribution in [3.8, 4) is 0 Å². The number of esters is 4. The Labute approximate surface area is 581 Å². The molecule has 0 aliphatic rings. The summed E-state index contributed by atoms with van der Waals surface area (Å²) in [6.45, 7) is 9.61. The van der Waals surface area contributed by atoms with Crippen LogP contribution in [0.25, 0.3) is 0 Å². The molecule has 0 rings (SSSR count). The maximum absolute atomic E-state index is 13.1. The summed E-state index contributed by atoms with van der Waals surface area (Å²) in [4.78, 5) is 72.8. The van der Waals surface area contributed by atoms with Crippen molar-refractivity contribution in [3.63, 3.8) is 0 Å². The van der Waals surface area contributed by atoms with Crippen molar-refractivity contribution in [2.75, 3.05) is 39.6 Å². The van der Waals surface area contributed by atoms with Crippen LogP contribution in [0.3, 0.4) is 0 Å². The summed E-state index contributed by atoms with van der Waals surface area (Å²) in [6, 6.07) is 0. The number of phosphoric acid groups is 2. The summed E-state index contributed by atoms with van der Waals surface area (Å²) < 4.78 is 68.5. The van der Waals surface area contributed by atoms with Gasteiger partial charge in [0.25, 0.3) is 0 Å². The second kappa shape index (κ2) is 67.9. The second-order valence-corrected chi connectivity index (χ2v) is 30.8. The quantitative estimate of drug-likeness (QED) is 0.0222. The highest BCUT2D eigenvalue weighted by atomic mass is 31.2. The summed E-state index contributed by atoms with van der Waals surface area (Å²) in [6.07, 6.45) is 55.4. The van der Waals surface area contributed by atoms with Gasteiger partial charge < -0.3 is 33.8 Å². The molecule has 0 bridgehead atoms. The van der Waals surface area contributed by atoms with Gasteiger partial charge in [-0.2, -0.15) is 0 Å². The lowest BCUT2D eigenvalue weighted by molar-refractivity contribution is -0.161. The van der Waals surface area contributed by atoms with Crippen LogP contribution >= 0.6 is 15.6 Å². The van der Waals surface area contributed by atoms with Crippen LogP contribution in [0.4, 0.5) is 0 Å². The Morgan fingerprint density at radius 2 is 0.505 bits per heavy atom. The first kappa shape index (κ1) is 93.1. The maximum atomic E-state index is 13.1. The molecule has 0 aromatic heterocycles. The third kappa shape index (κ3) is 67.6. The molecule has 0 fully saturated rings. The molecule has 17 nitrogen and oxygen atoms in total. The van der Waals surface area contributed by atoms with E-state index in [1.54, 1.807) is 0 Å². The number of ether oxygens (including phenoxy) is 4. The van der Waals surface area contributed by atoms with E-state index >= 15 is 0 Å². The van der Waals surface area contributed by atoms with Gasteiger partial charge in [-0.1, -0.05) is 343 Å². The minimum Gasteiger partial charge on any atom is -0.462 e. The predicted molar refractivity (Wildman–Crippen MR) is 386 cm³/mol. The maximum Gasteiger partial charge on any atom is 0.472 e. The van der Waals surface area contributed by atoms with Gasteiger partial charge in [-0.25, -0.2) is 9.13 Å². The van der Waals surface area contributed by atoms with Gasteiger partial charge in [0.2, 0.25) is 0 Å². The summed E-state index contributed by atoms with van der Waals surface area (Å²) in [7, 11) is -9.91. The lowest BCUT2D eigenvalue weighted by Gasteiger charge is -2.21. The highest BCUT2D eigenvalue weighted by Crippen LogP contribution is 2.45. The molecule has 0 saturated heterocycles. The van der Waals surface area contributed by atoms with E-state index < -0.39 is 97.5 Å². The Morgan fingerprint density at radius 3 is 0.747 bits per heavy atom. The number of carbonyl (C=O) groups excluding carboxylic acids is 4. The molecule has 0 aromatic carbocycles. The molecule has 19 heteroatoms. The van der Waals surface area contributed by atoms with Gasteiger partial charge >= 0.3 is 39.5 Å². The molecule has 564 valence electrons. The van der Waals surface area contributed by atoms with Gasteiger partial charge in [0, 0.05) is 25.7 Å². The molecule has 7 atom stereocenters. The van der Waals surface area contributed by atoms with Gasteiger partial charge in [0.15, 0.2) is 12.2 Å². The fourth-order valence-corrected chi connectivity index (χ4v) is 13.2. The monoisotopic (exact) mass is 1400 g/mol. The van der Waals surface area contributed by atoms with E-state index in [4.69, 9.17) is 37.0 Å². The average molecular weight is 1400 g/mol. The topological polar surface area (TPSA) is 237 Å². The zero-order chi connectivity index (χ0) is 70.0. The molecular formula is C76H148O17P2. The number of phosphoric ester groups is 2. The molecule has 0 amide bonds. The van der Waals surface area contributed by atoms with Crippen molar-refractivity contribution in [1.82, 2.24) is 0 Å². The molecule has 0 heterocycles. The first-order valence-electron chi connectivity index (χ1n) is 39.6. The molecule has 0 aromatic rings. The van der Waals surface area contributed by atoms with Crippen LogP contribution < -0.4 is 0 Å². The standard InChI is InChI=1S/C76H148O17P2/c1-7-11-13-15-17-19-21-22-23-24-25-26-27-28-29-35-42-48-54-60-75(80)92-71(64-87-74(79)59-53-47-41-34-31-30-32-38-44-50-56-68(5)9-3)66-90-94(82,83)88-62-70(77)63-89-95(84,85)91-67-72(65-86-73(78)58-52-46-40-33-20-18-16-14-12-8-2)93-76(81)61-55-49-43-37-36-39-45-51-57-69(6)10-4/h68-72,77H,7-67H2,1-6H3,(H,82,83)(H,84,85)/t68?,69?,70-,71-,72-/m1/s1. The van der Waals surface area contributed by atoms with Gasteiger partial charge in [0.05, 0.1) is 26.4 Å².